The lowest BCUT2D eigenvalue weighted by atomic mass is 9.96. The summed E-state index contributed by atoms with van der Waals surface area (Å²) in [4.78, 5) is 16.7. The Hall–Kier alpha value is -1.90. The zero-order valence-electron chi connectivity index (χ0n) is 20.9. The molecule has 7 nitrogen and oxygen atoms in total. The highest BCUT2D eigenvalue weighted by atomic mass is 35.5. The maximum atomic E-state index is 10.1. The molecule has 3 aliphatic rings. The number of halogens is 2. The van der Waals surface area contributed by atoms with Gasteiger partial charge in [0.1, 0.15) is 11.7 Å². The molecule has 9 heteroatoms. The minimum absolute atomic E-state index is 0.0311. The van der Waals surface area contributed by atoms with Gasteiger partial charge in [0.25, 0.3) is 0 Å². The highest BCUT2D eigenvalue weighted by Crippen LogP contribution is 2.31. The molecule has 0 unspecified atom stereocenters. The number of likely N-dealkylation sites (tertiary alicyclic amines) is 1. The average Bonchev–Trinajstić information content (AvgIpc) is 3.45. The van der Waals surface area contributed by atoms with Gasteiger partial charge in [-0.1, -0.05) is 42.3 Å². The van der Waals surface area contributed by atoms with Crippen molar-refractivity contribution in [2.45, 2.75) is 44.3 Å². The van der Waals surface area contributed by atoms with Crippen LogP contribution in [0.25, 0.3) is 0 Å². The summed E-state index contributed by atoms with van der Waals surface area (Å²) in [5.74, 6) is 1.76. The number of hydrogen-bond acceptors (Lipinski definition) is 7. The van der Waals surface area contributed by atoms with Crippen molar-refractivity contribution in [1.29, 1.82) is 0 Å². The Morgan fingerprint density at radius 3 is 2.53 bits per heavy atom. The smallest absolute Gasteiger partial charge is 0.147 e. The highest BCUT2D eigenvalue weighted by molar-refractivity contribution is 6.33. The Bertz CT molecular complexity index is 1060. The zero-order chi connectivity index (χ0) is 25.1. The van der Waals surface area contributed by atoms with Gasteiger partial charge in [-0.3, -0.25) is 14.8 Å². The molecule has 2 aromatic rings. The third-order valence-corrected chi connectivity index (χ3v) is 8.44. The Kier molecular flexibility index (Phi) is 8.33. The molecule has 2 saturated heterocycles. The average molecular weight is 532 g/mol. The quantitative estimate of drug-likeness (QED) is 0.566. The molecule has 0 aliphatic carbocycles. The Morgan fingerprint density at radius 1 is 1.11 bits per heavy atom. The summed E-state index contributed by atoms with van der Waals surface area (Å²) in [5, 5.41) is 14.8. The summed E-state index contributed by atoms with van der Waals surface area (Å²) in [6.07, 6.45) is 5.21. The molecule has 4 heterocycles. The number of pyridine rings is 1. The molecule has 0 saturated carbocycles. The summed E-state index contributed by atoms with van der Waals surface area (Å²) >= 11 is 12.8. The number of nitrogens with one attached hydrogen (secondary N) is 1. The molecule has 0 amide bonds. The van der Waals surface area contributed by atoms with Gasteiger partial charge in [0.2, 0.25) is 0 Å². The number of aliphatic imine (C=N–C) groups is 1. The molecule has 1 aromatic heterocycles. The van der Waals surface area contributed by atoms with Crippen molar-refractivity contribution in [3.8, 4) is 0 Å². The van der Waals surface area contributed by atoms with E-state index in [1.807, 2.05) is 36.5 Å². The van der Waals surface area contributed by atoms with E-state index in [-0.39, 0.29) is 12.6 Å². The fraction of sp³-hybridized carbons (Fsp3) is 0.556. The molecular weight excluding hydrogens is 495 g/mol. The van der Waals surface area contributed by atoms with Gasteiger partial charge >= 0.3 is 0 Å². The zero-order valence-corrected chi connectivity index (χ0v) is 22.4. The number of piperidine rings is 1. The standard InChI is InChI=1S/C27H36Cl2N6O/c1-2-22-17-34(27-24(29)15-20(16-32-27)26-30-9-10-31-26)13-14-35(22)23-7-11-33(12-8-23)25(18-36)19-3-5-21(28)6-4-19/h3-6,15-16,22-23,25,36H,2,7-14,17-18H2,1H3,(H,30,31)/t22-,25+/m0/s1. The van der Waals surface area contributed by atoms with E-state index in [9.17, 15) is 5.11 Å². The molecule has 5 rings (SSSR count). The number of anilines is 1. The van der Waals surface area contributed by atoms with Gasteiger partial charge in [0.05, 0.1) is 24.2 Å². The topological polar surface area (TPSA) is 67.2 Å². The number of nitrogens with zero attached hydrogens (tertiary/aromatic N) is 5. The van der Waals surface area contributed by atoms with Crippen molar-refractivity contribution in [3.63, 3.8) is 0 Å². The molecule has 194 valence electrons. The fourth-order valence-electron chi connectivity index (χ4n) is 5.94. The molecule has 36 heavy (non-hydrogen) atoms. The van der Waals surface area contributed by atoms with E-state index in [2.05, 4.69) is 31.9 Å². The van der Waals surface area contributed by atoms with E-state index in [1.165, 1.54) is 0 Å². The number of rotatable bonds is 7. The van der Waals surface area contributed by atoms with Crippen molar-refractivity contribution in [3.05, 3.63) is 57.7 Å². The lowest BCUT2D eigenvalue weighted by Gasteiger charge is -2.48. The van der Waals surface area contributed by atoms with E-state index in [0.717, 1.165) is 92.9 Å². The van der Waals surface area contributed by atoms with Crippen LogP contribution in [0.2, 0.25) is 10.0 Å². The third-order valence-electron chi connectivity index (χ3n) is 7.90. The lowest BCUT2D eigenvalue weighted by Crippen LogP contribution is -2.58. The van der Waals surface area contributed by atoms with Crippen molar-refractivity contribution in [1.82, 2.24) is 20.1 Å². The second kappa shape index (κ2) is 11.7. The summed E-state index contributed by atoms with van der Waals surface area (Å²) in [6.45, 7) is 8.92. The van der Waals surface area contributed by atoms with Crippen LogP contribution in [-0.4, -0.2) is 90.2 Å². The van der Waals surface area contributed by atoms with Crippen LogP contribution in [0, 0.1) is 0 Å². The van der Waals surface area contributed by atoms with Crippen molar-refractivity contribution in [2.75, 3.05) is 57.3 Å². The van der Waals surface area contributed by atoms with Crippen LogP contribution in [0.3, 0.4) is 0 Å². The number of hydrogen-bond donors (Lipinski definition) is 2. The Morgan fingerprint density at radius 2 is 1.89 bits per heavy atom. The first-order valence-corrected chi connectivity index (χ1v) is 13.9. The minimum atomic E-state index is 0.0311. The monoisotopic (exact) mass is 530 g/mol. The van der Waals surface area contributed by atoms with Gasteiger partial charge < -0.3 is 15.3 Å². The molecule has 0 radical (unpaired) electrons. The molecule has 0 bridgehead atoms. The van der Waals surface area contributed by atoms with Crippen LogP contribution >= 0.6 is 23.2 Å². The highest BCUT2D eigenvalue weighted by Gasteiger charge is 2.35. The van der Waals surface area contributed by atoms with Crippen molar-refractivity contribution >= 4 is 34.9 Å². The Balaban J connectivity index is 1.20. The maximum Gasteiger partial charge on any atom is 0.147 e. The van der Waals surface area contributed by atoms with Crippen LogP contribution < -0.4 is 10.2 Å². The lowest BCUT2D eigenvalue weighted by molar-refractivity contribution is 0.0356. The normalized spacial score (nSPS) is 22.9. The van der Waals surface area contributed by atoms with Gasteiger partial charge in [0, 0.05) is 68.1 Å². The number of aliphatic hydroxyl groups is 1. The summed E-state index contributed by atoms with van der Waals surface area (Å²) in [5.41, 5.74) is 2.09. The van der Waals surface area contributed by atoms with Crippen LogP contribution in [0.4, 0.5) is 5.82 Å². The van der Waals surface area contributed by atoms with Crippen LogP contribution in [-0.2, 0) is 0 Å². The first-order valence-electron chi connectivity index (χ1n) is 13.1. The van der Waals surface area contributed by atoms with Crippen molar-refractivity contribution < 1.29 is 5.11 Å². The second-order valence-corrected chi connectivity index (χ2v) is 10.8. The molecule has 0 spiro atoms. The minimum Gasteiger partial charge on any atom is -0.394 e. The second-order valence-electron chi connectivity index (χ2n) is 9.95. The molecule has 2 atom stereocenters. The Labute approximate surface area is 224 Å². The van der Waals surface area contributed by atoms with E-state index in [1.54, 1.807) is 0 Å². The summed E-state index contributed by atoms with van der Waals surface area (Å²) < 4.78 is 0. The summed E-state index contributed by atoms with van der Waals surface area (Å²) in [7, 11) is 0. The fourth-order valence-corrected chi connectivity index (χ4v) is 6.35. The molecule has 2 fully saturated rings. The SMILES string of the molecule is CC[C@H]1CN(c2ncc(C3=NCCN3)cc2Cl)CCN1C1CCN([C@H](CO)c2ccc(Cl)cc2)CC1. The number of aliphatic hydroxyl groups excluding tert-OH is 1. The van der Waals surface area contributed by atoms with Gasteiger partial charge in [-0.05, 0) is 43.0 Å². The van der Waals surface area contributed by atoms with Crippen LogP contribution in [0.5, 0.6) is 0 Å². The molecule has 2 N–H and O–H groups in total. The predicted octanol–water partition coefficient (Wildman–Crippen LogP) is 3.84. The largest absolute Gasteiger partial charge is 0.394 e. The predicted molar refractivity (Wildman–Crippen MR) is 148 cm³/mol. The molecular formula is C27H36Cl2N6O. The number of amidine groups is 1. The van der Waals surface area contributed by atoms with Gasteiger partial charge in [-0.25, -0.2) is 4.98 Å². The van der Waals surface area contributed by atoms with Gasteiger partial charge in [0.15, 0.2) is 0 Å². The van der Waals surface area contributed by atoms with Gasteiger partial charge in [-0.15, -0.1) is 0 Å². The number of benzene rings is 1. The van der Waals surface area contributed by atoms with E-state index >= 15 is 0 Å². The number of aromatic nitrogens is 1. The molecule has 3 aliphatic heterocycles. The first kappa shape index (κ1) is 25.7. The van der Waals surface area contributed by atoms with Crippen molar-refractivity contribution in [2.24, 2.45) is 4.99 Å². The van der Waals surface area contributed by atoms with E-state index in [4.69, 9.17) is 28.2 Å². The van der Waals surface area contributed by atoms with E-state index < -0.39 is 0 Å². The number of piperazine rings is 1. The third kappa shape index (κ3) is 5.50. The summed E-state index contributed by atoms with van der Waals surface area (Å²) in [6, 6.07) is 10.9. The van der Waals surface area contributed by atoms with Crippen LogP contribution in [0.1, 0.15) is 43.4 Å². The van der Waals surface area contributed by atoms with Gasteiger partial charge in [-0.2, -0.15) is 0 Å². The maximum absolute atomic E-state index is 10.1. The first-order chi connectivity index (χ1) is 17.6. The molecule has 1 aromatic carbocycles. The van der Waals surface area contributed by atoms with Crippen LogP contribution in [0.15, 0.2) is 41.5 Å². The van der Waals surface area contributed by atoms with E-state index in [0.29, 0.717) is 17.1 Å².